The van der Waals surface area contributed by atoms with E-state index in [1.54, 1.807) is 19.9 Å². The van der Waals surface area contributed by atoms with Crippen molar-refractivity contribution in [3.63, 3.8) is 0 Å². The van der Waals surface area contributed by atoms with Gasteiger partial charge in [-0.3, -0.25) is 4.79 Å². The van der Waals surface area contributed by atoms with Gasteiger partial charge in [-0.2, -0.15) is 18.3 Å². The number of rotatable bonds is 4. The first-order chi connectivity index (χ1) is 14.6. The number of nitrogens with one attached hydrogen (secondary N) is 1. The minimum atomic E-state index is -4.89. The van der Waals surface area contributed by atoms with Crippen LogP contribution in [0.3, 0.4) is 0 Å². The number of alkyl halides is 3. The standard InChI is InChI=1S/C19H16F3N5O4/c1-18(2)30-12-5-4-10(8-13(12)31-18)24-17(28)11-9-23-27(16(11)19(20,21)22)14-6-7-15(29-3)26-25-14/h4-9H,1-3H3,(H,24,28). The number of benzene rings is 1. The Morgan fingerprint density at radius 3 is 2.52 bits per heavy atom. The Kier molecular flexibility index (Phi) is 4.71. The Morgan fingerprint density at radius 1 is 1.13 bits per heavy atom. The van der Waals surface area contributed by atoms with Gasteiger partial charge < -0.3 is 19.5 Å². The number of nitrogens with zero attached hydrogens (tertiary/aromatic N) is 4. The summed E-state index contributed by atoms with van der Waals surface area (Å²) < 4.78 is 57.9. The van der Waals surface area contributed by atoms with Crippen LogP contribution in [0, 0.1) is 0 Å². The highest BCUT2D eigenvalue weighted by molar-refractivity contribution is 6.05. The van der Waals surface area contributed by atoms with E-state index >= 15 is 0 Å². The summed E-state index contributed by atoms with van der Waals surface area (Å²) in [5.41, 5.74) is -1.73. The van der Waals surface area contributed by atoms with Crippen molar-refractivity contribution >= 4 is 11.6 Å². The number of halogens is 3. The van der Waals surface area contributed by atoms with Gasteiger partial charge in [0.1, 0.15) is 0 Å². The van der Waals surface area contributed by atoms with Gasteiger partial charge in [-0.15, -0.1) is 10.2 Å². The number of hydrogen-bond donors (Lipinski definition) is 1. The number of carbonyl (C=O) groups excluding carboxylic acids is 1. The van der Waals surface area contributed by atoms with Gasteiger partial charge in [-0.05, 0) is 18.2 Å². The summed E-state index contributed by atoms with van der Waals surface area (Å²) in [6.07, 6.45) is -4.07. The van der Waals surface area contributed by atoms with Gasteiger partial charge in [0.05, 0.1) is 18.9 Å². The normalized spacial score (nSPS) is 14.4. The van der Waals surface area contributed by atoms with Gasteiger partial charge >= 0.3 is 6.18 Å². The molecule has 0 fully saturated rings. The van der Waals surface area contributed by atoms with Crippen LogP contribution in [0.15, 0.2) is 36.5 Å². The van der Waals surface area contributed by atoms with Crippen LogP contribution in [0.4, 0.5) is 18.9 Å². The molecule has 1 aliphatic heterocycles. The highest BCUT2D eigenvalue weighted by Crippen LogP contribution is 2.41. The first-order valence-corrected chi connectivity index (χ1v) is 8.94. The van der Waals surface area contributed by atoms with Crippen LogP contribution >= 0.6 is 0 Å². The second-order valence-corrected chi connectivity index (χ2v) is 6.97. The van der Waals surface area contributed by atoms with Crippen molar-refractivity contribution in [2.75, 3.05) is 12.4 Å². The maximum Gasteiger partial charge on any atom is 0.434 e. The summed E-state index contributed by atoms with van der Waals surface area (Å²) in [6.45, 7) is 3.41. The molecule has 0 bridgehead atoms. The SMILES string of the molecule is COc1ccc(-n2ncc(C(=O)Nc3ccc4c(c3)OC(C)(C)O4)c2C(F)(F)F)nn1. The lowest BCUT2D eigenvalue weighted by Gasteiger charge is -2.16. The third kappa shape index (κ3) is 3.96. The van der Waals surface area contributed by atoms with Gasteiger partial charge in [-0.25, -0.2) is 4.68 Å². The van der Waals surface area contributed by atoms with E-state index in [0.29, 0.717) is 16.2 Å². The number of aromatic nitrogens is 4. The Balaban J connectivity index is 1.65. The minimum Gasteiger partial charge on any atom is -0.480 e. The summed E-state index contributed by atoms with van der Waals surface area (Å²) in [6, 6.07) is 7.09. The van der Waals surface area contributed by atoms with Gasteiger partial charge in [-0.1, -0.05) is 0 Å². The van der Waals surface area contributed by atoms with Crippen LogP contribution in [-0.2, 0) is 6.18 Å². The van der Waals surface area contributed by atoms with Gasteiger partial charge in [0.15, 0.2) is 23.0 Å². The fraction of sp³-hybridized carbons (Fsp3) is 0.263. The average Bonchev–Trinajstić information content (AvgIpc) is 3.27. The van der Waals surface area contributed by atoms with E-state index in [-0.39, 0.29) is 17.4 Å². The van der Waals surface area contributed by atoms with E-state index in [2.05, 4.69) is 20.6 Å². The second kappa shape index (κ2) is 7.15. The molecule has 3 aromatic rings. The third-order valence-electron chi connectivity index (χ3n) is 4.25. The van der Waals surface area contributed by atoms with Crippen LogP contribution < -0.4 is 19.5 Å². The Morgan fingerprint density at radius 2 is 1.87 bits per heavy atom. The highest BCUT2D eigenvalue weighted by Gasteiger charge is 2.41. The molecule has 1 N–H and O–H groups in total. The van der Waals surface area contributed by atoms with Crippen LogP contribution in [0.1, 0.15) is 29.9 Å². The minimum absolute atomic E-state index is 0.119. The van der Waals surface area contributed by atoms with Crippen LogP contribution in [0.2, 0.25) is 0 Å². The smallest absolute Gasteiger partial charge is 0.434 e. The molecule has 1 aliphatic rings. The van der Waals surface area contributed by atoms with E-state index in [4.69, 9.17) is 14.2 Å². The lowest BCUT2D eigenvalue weighted by molar-refractivity contribution is -0.143. The summed E-state index contributed by atoms with van der Waals surface area (Å²) in [4.78, 5) is 12.7. The highest BCUT2D eigenvalue weighted by atomic mass is 19.4. The third-order valence-corrected chi connectivity index (χ3v) is 4.25. The molecule has 0 saturated heterocycles. The first-order valence-electron chi connectivity index (χ1n) is 8.94. The predicted molar refractivity (Wildman–Crippen MR) is 100 cm³/mol. The molecule has 31 heavy (non-hydrogen) atoms. The zero-order valence-corrected chi connectivity index (χ0v) is 16.5. The molecule has 4 rings (SSSR count). The molecule has 162 valence electrons. The molecule has 3 heterocycles. The Hall–Kier alpha value is -3.83. The lowest BCUT2D eigenvalue weighted by Crippen LogP contribution is -2.29. The van der Waals surface area contributed by atoms with Crippen molar-refractivity contribution in [2.24, 2.45) is 0 Å². The fourth-order valence-electron chi connectivity index (χ4n) is 2.99. The van der Waals surface area contributed by atoms with Crippen molar-refractivity contribution in [3.8, 4) is 23.2 Å². The molecule has 0 unspecified atom stereocenters. The number of hydrogen-bond acceptors (Lipinski definition) is 7. The summed E-state index contributed by atoms with van der Waals surface area (Å²) in [5, 5.41) is 13.4. The molecule has 0 radical (unpaired) electrons. The van der Waals surface area contributed by atoms with Crippen molar-refractivity contribution in [2.45, 2.75) is 25.8 Å². The molecule has 0 aliphatic carbocycles. The summed E-state index contributed by atoms with van der Waals surface area (Å²) in [7, 11) is 1.35. The first kappa shape index (κ1) is 20.4. The number of fused-ring (bicyclic) bond motifs is 1. The zero-order chi connectivity index (χ0) is 22.4. The monoisotopic (exact) mass is 435 g/mol. The zero-order valence-electron chi connectivity index (χ0n) is 16.5. The molecule has 0 saturated carbocycles. The maximum atomic E-state index is 13.8. The van der Waals surface area contributed by atoms with Crippen molar-refractivity contribution in [1.82, 2.24) is 20.0 Å². The Bertz CT molecular complexity index is 1140. The maximum absolute atomic E-state index is 13.8. The molecule has 12 heteroatoms. The predicted octanol–water partition coefficient (Wildman–Crippen LogP) is 3.45. The van der Waals surface area contributed by atoms with Crippen molar-refractivity contribution < 1.29 is 32.2 Å². The molecular formula is C19H16F3N5O4. The van der Waals surface area contributed by atoms with E-state index in [0.717, 1.165) is 6.20 Å². The van der Waals surface area contributed by atoms with Gasteiger partial charge in [0.2, 0.25) is 11.7 Å². The molecular weight excluding hydrogens is 419 g/mol. The second-order valence-electron chi connectivity index (χ2n) is 6.97. The number of ether oxygens (including phenoxy) is 3. The summed E-state index contributed by atoms with van der Waals surface area (Å²) in [5.74, 6) is -1.16. The number of methoxy groups -OCH3 is 1. The van der Waals surface area contributed by atoms with E-state index in [1.165, 1.54) is 31.4 Å². The lowest BCUT2D eigenvalue weighted by atomic mass is 10.2. The number of anilines is 1. The number of carbonyl (C=O) groups is 1. The summed E-state index contributed by atoms with van der Waals surface area (Å²) >= 11 is 0. The molecule has 0 atom stereocenters. The quantitative estimate of drug-likeness (QED) is 0.670. The molecule has 9 nitrogen and oxygen atoms in total. The molecule has 1 aromatic carbocycles. The van der Waals surface area contributed by atoms with Crippen molar-refractivity contribution in [1.29, 1.82) is 0 Å². The molecule has 2 aromatic heterocycles. The Labute approximate surface area is 173 Å². The fourth-order valence-corrected chi connectivity index (χ4v) is 2.99. The van der Waals surface area contributed by atoms with Crippen molar-refractivity contribution in [3.05, 3.63) is 47.8 Å². The molecule has 0 spiro atoms. The van der Waals surface area contributed by atoms with Crippen LogP contribution in [-0.4, -0.2) is 38.8 Å². The van der Waals surface area contributed by atoms with E-state index < -0.39 is 29.1 Å². The number of amides is 1. The van der Waals surface area contributed by atoms with Crippen LogP contribution in [0.5, 0.6) is 17.4 Å². The van der Waals surface area contributed by atoms with E-state index in [1.807, 2.05) is 0 Å². The average molecular weight is 435 g/mol. The van der Waals surface area contributed by atoms with Crippen LogP contribution in [0.25, 0.3) is 5.82 Å². The van der Waals surface area contributed by atoms with Gasteiger partial charge in [0.25, 0.3) is 5.91 Å². The van der Waals surface area contributed by atoms with E-state index in [9.17, 15) is 18.0 Å². The molecule has 1 amide bonds. The largest absolute Gasteiger partial charge is 0.480 e. The topological polar surface area (TPSA) is 100 Å². The van der Waals surface area contributed by atoms with Gasteiger partial charge in [0, 0.05) is 31.7 Å².